The zero-order valence-electron chi connectivity index (χ0n) is 14.7. The van der Waals surface area contributed by atoms with Gasteiger partial charge in [0.05, 0.1) is 10.6 Å². The fourth-order valence-electron chi connectivity index (χ4n) is 2.47. The molecule has 0 saturated carbocycles. The summed E-state index contributed by atoms with van der Waals surface area (Å²) in [5.74, 6) is -0.843. The first-order chi connectivity index (χ1) is 12.5. The molecule has 1 amide bonds. The molecule has 0 aliphatic rings. The SMILES string of the molecule is C[C@@H](OC(=O)c1cn(-c2ccccc2)nc1-c1cccs1)C(=O)N(C)C. The van der Waals surface area contributed by atoms with Crippen LogP contribution in [0.5, 0.6) is 0 Å². The maximum absolute atomic E-state index is 12.7. The van der Waals surface area contributed by atoms with Gasteiger partial charge in [-0.1, -0.05) is 24.3 Å². The highest BCUT2D eigenvalue weighted by atomic mass is 32.1. The maximum atomic E-state index is 12.7. The second-order valence-corrected chi connectivity index (χ2v) is 6.88. The van der Waals surface area contributed by atoms with Crippen molar-refractivity contribution in [1.82, 2.24) is 14.7 Å². The lowest BCUT2D eigenvalue weighted by Crippen LogP contribution is -2.34. The van der Waals surface area contributed by atoms with E-state index in [9.17, 15) is 9.59 Å². The summed E-state index contributed by atoms with van der Waals surface area (Å²) in [6, 6.07) is 13.3. The summed E-state index contributed by atoms with van der Waals surface area (Å²) >= 11 is 1.49. The number of para-hydroxylation sites is 1. The first-order valence-electron chi connectivity index (χ1n) is 8.08. The van der Waals surface area contributed by atoms with Crippen molar-refractivity contribution in [3.05, 3.63) is 59.6 Å². The number of esters is 1. The molecule has 6 nitrogen and oxygen atoms in total. The first kappa shape index (κ1) is 17.9. The molecular formula is C19H19N3O3S. The minimum Gasteiger partial charge on any atom is -0.449 e. The number of carbonyl (C=O) groups excluding carboxylic acids is 2. The highest BCUT2D eigenvalue weighted by molar-refractivity contribution is 7.13. The Hall–Kier alpha value is -2.93. The minimum atomic E-state index is -0.867. The molecule has 0 saturated heterocycles. The van der Waals surface area contributed by atoms with Gasteiger partial charge in [-0.15, -0.1) is 11.3 Å². The van der Waals surface area contributed by atoms with Gasteiger partial charge in [0.2, 0.25) is 0 Å². The summed E-state index contributed by atoms with van der Waals surface area (Å²) in [6.45, 7) is 1.56. The summed E-state index contributed by atoms with van der Waals surface area (Å²) in [5.41, 5.74) is 1.70. The molecule has 0 radical (unpaired) electrons. The van der Waals surface area contributed by atoms with Crippen molar-refractivity contribution in [1.29, 1.82) is 0 Å². The topological polar surface area (TPSA) is 64.4 Å². The minimum absolute atomic E-state index is 0.272. The number of aromatic nitrogens is 2. The van der Waals surface area contributed by atoms with Crippen molar-refractivity contribution in [2.75, 3.05) is 14.1 Å². The summed E-state index contributed by atoms with van der Waals surface area (Å²) in [7, 11) is 3.24. The molecule has 134 valence electrons. The van der Waals surface area contributed by atoms with Crippen LogP contribution in [0, 0.1) is 0 Å². The Morgan fingerprint density at radius 1 is 1.15 bits per heavy atom. The van der Waals surface area contributed by atoms with E-state index in [1.54, 1.807) is 31.9 Å². The Balaban J connectivity index is 1.96. The standard InChI is InChI=1S/C19H19N3O3S/c1-13(18(23)21(2)3)25-19(24)15-12-22(14-8-5-4-6-9-14)20-17(15)16-10-7-11-26-16/h4-13H,1-3H3/t13-/m1/s1. The van der Waals surface area contributed by atoms with Gasteiger partial charge in [-0.25, -0.2) is 9.48 Å². The van der Waals surface area contributed by atoms with Gasteiger partial charge >= 0.3 is 5.97 Å². The van der Waals surface area contributed by atoms with E-state index in [-0.39, 0.29) is 5.91 Å². The molecule has 0 aliphatic carbocycles. The van der Waals surface area contributed by atoms with Gasteiger partial charge in [0.1, 0.15) is 11.3 Å². The Morgan fingerprint density at radius 2 is 1.88 bits per heavy atom. The number of hydrogen-bond donors (Lipinski definition) is 0. The number of amides is 1. The number of nitrogens with zero attached hydrogens (tertiary/aromatic N) is 3. The lowest BCUT2D eigenvalue weighted by Gasteiger charge is -2.17. The number of ether oxygens (including phenoxy) is 1. The van der Waals surface area contributed by atoms with Gasteiger partial charge in [-0.05, 0) is 30.5 Å². The van der Waals surface area contributed by atoms with Crippen LogP contribution in [0.2, 0.25) is 0 Å². The molecule has 0 fully saturated rings. The Bertz CT molecular complexity index is 902. The second kappa shape index (κ2) is 7.53. The molecule has 2 aromatic heterocycles. The maximum Gasteiger partial charge on any atom is 0.342 e. The smallest absolute Gasteiger partial charge is 0.342 e. The average Bonchev–Trinajstić information content (AvgIpc) is 3.30. The van der Waals surface area contributed by atoms with E-state index in [4.69, 9.17) is 4.74 Å². The molecular weight excluding hydrogens is 350 g/mol. The number of carbonyl (C=O) groups is 2. The number of thiophene rings is 1. The van der Waals surface area contributed by atoms with Crippen molar-refractivity contribution < 1.29 is 14.3 Å². The first-order valence-corrected chi connectivity index (χ1v) is 8.96. The van der Waals surface area contributed by atoms with Crippen LogP contribution in [0.4, 0.5) is 0 Å². The molecule has 0 unspecified atom stereocenters. The van der Waals surface area contributed by atoms with E-state index < -0.39 is 12.1 Å². The van der Waals surface area contributed by atoms with Crippen LogP contribution in [-0.4, -0.2) is 46.8 Å². The fraction of sp³-hybridized carbons (Fsp3) is 0.211. The van der Waals surface area contributed by atoms with Crippen LogP contribution in [0.25, 0.3) is 16.3 Å². The monoisotopic (exact) mass is 369 g/mol. The van der Waals surface area contributed by atoms with Crippen LogP contribution < -0.4 is 0 Å². The van der Waals surface area contributed by atoms with Crippen molar-refractivity contribution in [3.8, 4) is 16.3 Å². The molecule has 0 aliphatic heterocycles. The summed E-state index contributed by atoms with van der Waals surface area (Å²) in [5, 5.41) is 6.48. The molecule has 26 heavy (non-hydrogen) atoms. The number of rotatable bonds is 5. The largest absolute Gasteiger partial charge is 0.449 e. The van der Waals surface area contributed by atoms with Crippen molar-refractivity contribution in [2.45, 2.75) is 13.0 Å². The van der Waals surface area contributed by atoms with Crippen LogP contribution in [-0.2, 0) is 9.53 Å². The van der Waals surface area contributed by atoms with Crippen molar-refractivity contribution in [2.24, 2.45) is 0 Å². The van der Waals surface area contributed by atoms with E-state index >= 15 is 0 Å². The van der Waals surface area contributed by atoms with Crippen molar-refractivity contribution in [3.63, 3.8) is 0 Å². The Kier molecular flexibility index (Phi) is 5.18. The molecule has 1 aromatic carbocycles. The summed E-state index contributed by atoms with van der Waals surface area (Å²) < 4.78 is 7.01. The van der Waals surface area contributed by atoms with Crippen LogP contribution in [0.15, 0.2) is 54.0 Å². The summed E-state index contributed by atoms with van der Waals surface area (Å²) in [6.07, 6.45) is 0.772. The molecule has 0 spiro atoms. The van der Waals surface area contributed by atoms with E-state index in [2.05, 4.69) is 5.10 Å². The lowest BCUT2D eigenvalue weighted by atomic mass is 10.2. The van der Waals surface area contributed by atoms with E-state index in [0.29, 0.717) is 11.3 Å². The zero-order chi connectivity index (χ0) is 18.7. The van der Waals surface area contributed by atoms with Gasteiger partial charge in [-0.2, -0.15) is 5.10 Å². The third kappa shape index (κ3) is 3.67. The van der Waals surface area contributed by atoms with Gasteiger partial charge in [0, 0.05) is 20.3 Å². The Morgan fingerprint density at radius 3 is 2.50 bits per heavy atom. The third-order valence-corrected chi connectivity index (χ3v) is 4.66. The Labute approximate surface area is 155 Å². The quantitative estimate of drug-likeness (QED) is 0.648. The van der Waals surface area contributed by atoms with Gasteiger partial charge < -0.3 is 9.64 Å². The van der Waals surface area contributed by atoms with E-state index in [1.165, 1.54) is 16.2 Å². The summed E-state index contributed by atoms with van der Waals surface area (Å²) in [4.78, 5) is 26.9. The predicted octanol–water partition coefficient (Wildman–Crippen LogP) is 3.23. The molecule has 3 rings (SSSR count). The molecule has 7 heteroatoms. The number of hydrogen-bond acceptors (Lipinski definition) is 5. The van der Waals surface area contributed by atoms with Crippen LogP contribution in [0.3, 0.4) is 0 Å². The molecule has 0 bridgehead atoms. The number of benzene rings is 1. The van der Waals surface area contributed by atoms with Crippen molar-refractivity contribution >= 4 is 23.2 Å². The molecule has 3 aromatic rings. The highest BCUT2D eigenvalue weighted by Gasteiger charge is 2.25. The van der Waals surface area contributed by atoms with Crippen LogP contribution in [0.1, 0.15) is 17.3 Å². The van der Waals surface area contributed by atoms with E-state index in [1.807, 2.05) is 47.8 Å². The molecule has 2 heterocycles. The second-order valence-electron chi connectivity index (χ2n) is 5.93. The molecule has 0 N–H and O–H groups in total. The third-order valence-electron chi connectivity index (χ3n) is 3.78. The van der Waals surface area contributed by atoms with E-state index in [0.717, 1.165) is 10.6 Å². The predicted molar refractivity (Wildman–Crippen MR) is 100 cm³/mol. The van der Waals surface area contributed by atoms with Gasteiger partial charge in [0.15, 0.2) is 6.10 Å². The lowest BCUT2D eigenvalue weighted by molar-refractivity contribution is -0.137. The van der Waals surface area contributed by atoms with Gasteiger partial charge in [0.25, 0.3) is 5.91 Å². The molecule has 1 atom stereocenters. The fourth-order valence-corrected chi connectivity index (χ4v) is 3.19. The van der Waals surface area contributed by atoms with Gasteiger partial charge in [-0.3, -0.25) is 4.79 Å². The number of likely N-dealkylation sites (N-methyl/N-ethyl adjacent to an activating group) is 1. The average molecular weight is 369 g/mol. The highest BCUT2D eigenvalue weighted by Crippen LogP contribution is 2.28. The van der Waals surface area contributed by atoms with Crippen LogP contribution >= 0.6 is 11.3 Å². The zero-order valence-corrected chi connectivity index (χ0v) is 15.6. The normalized spacial score (nSPS) is 11.8.